The number of likely N-dealkylation sites (tertiary alicyclic amines) is 1. The van der Waals surface area contributed by atoms with Crippen LogP contribution in [-0.4, -0.2) is 43.5 Å². The molecule has 2 aromatic rings. The molecule has 0 bridgehead atoms. The molecule has 2 aromatic carbocycles. The molecule has 0 radical (unpaired) electrons. The van der Waals surface area contributed by atoms with E-state index in [0.29, 0.717) is 29.2 Å². The number of fused-ring (bicyclic) bond motifs is 1. The van der Waals surface area contributed by atoms with Gasteiger partial charge in [0.15, 0.2) is 0 Å². The Bertz CT molecular complexity index is 912. The van der Waals surface area contributed by atoms with Crippen LogP contribution in [0.25, 0.3) is 0 Å². The first-order valence-electron chi connectivity index (χ1n) is 11.2. The van der Waals surface area contributed by atoms with Gasteiger partial charge in [-0.1, -0.05) is 31.4 Å². The second-order valence-electron chi connectivity index (χ2n) is 8.61. The largest absolute Gasteiger partial charge is 0.495 e. The number of nitrogens with zero attached hydrogens (tertiary/aromatic N) is 1. The van der Waals surface area contributed by atoms with Crippen molar-refractivity contribution in [3.8, 4) is 5.75 Å². The lowest BCUT2D eigenvalue weighted by Gasteiger charge is -2.41. The summed E-state index contributed by atoms with van der Waals surface area (Å²) in [5.74, 6) is 2.01. The number of carbonyl (C=O) groups is 2. The predicted octanol–water partition coefficient (Wildman–Crippen LogP) is 4.40. The number of methoxy groups -OCH3 is 1. The fourth-order valence-corrected chi connectivity index (χ4v) is 4.87. The first-order chi connectivity index (χ1) is 15.1. The molecule has 2 atom stereocenters. The first-order valence-corrected chi connectivity index (χ1v) is 11.2. The minimum atomic E-state index is -0.224. The van der Waals surface area contributed by atoms with Gasteiger partial charge in [0.1, 0.15) is 5.75 Å². The maximum Gasteiger partial charge on any atom is 0.255 e. The number of carbonyl (C=O) groups excluding carboxylic acids is 2. The van der Waals surface area contributed by atoms with Crippen LogP contribution < -0.4 is 15.4 Å². The predicted molar refractivity (Wildman–Crippen MR) is 123 cm³/mol. The van der Waals surface area contributed by atoms with Crippen LogP contribution in [0.15, 0.2) is 48.5 Å². The van der Waals surface area contributed by atoms with Crippen molar-refractivity contribution in [3.05, 3.63) is 54.1 Å². The molecule has 1 heterocycles. The van der Waals surface area contributed by atoms with E-state index in [0.717, 1.165) is 24.9 Å². The molecule has 1 saturated carbocycles. The van der Waals surface area contributed by atoms with Gasteiger partial charge in [-0.15, -0.1) is 0 Å². The van der Waals surface area contributed by atoms with E-state index in [-0.39, 0.29) is 11.8 Å². The minimum absolute atomic E-state index is 0.000447. The van der Waals surface area contributed by atoms with Gasteiger partial charge in [-0.05, 0) is 67.6 Å². The van der Waals surface area contributed by atoms with Crippen molar-refractivity contribution in [2.24, 2.45) is 11.8 Å². The Hall–Kier alpha value is -2.86. The zero-order valence-electron chi connectivity index (χ0n) is 18.1. The van der Waals surface area contributed by atoms with Crippen LogP contribution in [0, 0.1) is 11.8 Å². The second-order valence-corrected chi connectivity index (χ2v) is 8.61. The smallest absolute Gasteiger partial charge is 0.255 e. The summed E-state index contributed by atoms with van der Waals surface area (Å²) in [5, 5.41) is 5.82. The van der Waals surface area contributed by atoms with Gasteiger partial charge in [0.05, 0.1) is 19.3 Å². The molecular weight excluding hydrogens is 390 g/mol. The number of rotatable bonds is 6. The summed E-state index contributed by atoms with van der Waals surface area (Å²) in [6, 6.07) is 14.2. The normalized spacial score (nSPS) is 21.1. The van der Waals surface area contributed by atoms with Crippen molar-refractivity contribution in [1.29, 1.82) is 0 Å². The number of anilines is 2. The fraction of sp³-hybridized carbons (Fsp3) is 0.440. The zero-order valence-corrected chi connectivity index (χ0v) is 18.1. The van der Waals surface area contributed by atoms with Crippen molar-refractivity contribution in [2.75, 3.05) is 37.4 Å². The molecule has 0 aromatic heterocycles. The van der Waals surface area contributed by atoms with Gasteiger partial charge in [0.25, 0.3) is 5.91 Å². The minimum Gasteiger partial charge on any atom is -0.495 e. The van der Waals surface area contributed by atoms with Crippen LogP contribution in [0.4, 0.5) is 11.4 Å². The lowest BCUT2D eigenvalue weighted by molar-refractivity contribution is -0.118. The maximum atomic E-state index is 12.5. The molecule has 0 unspecified atom stereocenters. The molecule has 1 aliphatic heterocycles. The van der Waals surface area contributed by atoms with Crippen molar-refractivity contribution in [1.82, 2.24) is 4.90 Å². The van der Waals surface area contributed by atoms with E-state index in [1.54, 1.807) is 43.5 Å². The molecule has 1 aliphatic carbocycles. The Morgan fingerprint density at radius 2 is 1.71 bits per heavy atom. The van der Waals surface area contributed by atoms with Crippen LogP contribution in [0.1, 0.15) is 42.5 Å². The molecule has 164 valence electrons. The molecule has 6 nitrogen and oxygen atoms in total. The molecule has 6 heteroatoms. The van der Waals surface area contributed by atoms with Gasteiger partial charge in [0, 0.05) is 17.8 Å². The summed E-state index contributed by atoms with van der Waals surface area (Å²) in [4.78, 5) is 27.3. The van der Waals surface area contributed by atoms with Crippen LogP contribution >= 0.6 is 0 Å². The van der Waals surface area contributed by atoms with Gasteiger partial charge in [0.2, 0.25) is 5.91 Å². The zero-order chi connectivity index (χ0) is 21.6. The molecule has 1 saturated heterocycles. The molecule has 4 rings (SSSR count). The topological polar surface area (TPSA) is 70.7 Å². The molecule has 2 fully saturated rings. The van der Waals surface area contributed by atoms with E-state index < -0.39 is 0 Å². The third-order valence-electron chi connectivity index (χ3n) is 6.53. The Kier molecular flexibility index (Phi) is 6.87. The SMILES string of the molecule is COc1ccccc1NC(=O)c1ccc(NC(=O)CN2CC[C@H]3CCCC[C@@H]3C2)cc1. The monoisotopic (exact) mass is 421 g/mol. The first kappa shape index (κ1) is 21.4. The van der Waals surface area contributed by atoms with E-state index in [1.807, 2.05) is 12.1 Å². The molecular formula is C25H31N3O3. The molecule has 2 amide bonds. The maximum absolute atomic E-state index is 12.5. The average Bonchev–Trinajstić information content (AvgIpc) is 2.79. The summed E-state index contributed by atoms with van der Waals surface area (Å²) in [6.07, 6.45) is 6.59. The Morgan fingerprint density at radius 3 is 2.48 bits per heavy atom. The number of hydrogen-bond donors (Lipinski definition) is 2. The number of amides is 2. The van der Waals surface area contributed by atoms with Crippen LogP contribution in [0.2, 0.25) is 0 Å². The Morgan fingerprint density at radius 1 is 0.968 bits per heavy atom. The van der Waals surface area contributed by atoms with E-state index in [4.69, 9.17) is 4.74 Å². The molecule has 0 spiro atoms. The van der Waals surface area contributed by atoms with Gasteiger partial charge >= 0.3 is 0 Å². The second kappa shape index (κ2) is 9.96. The quantitative estimate of drug-likeness (QED) is 0.725. The molecule has 2 N–H and O–H groups in total. The van der Waals surface area contributed by atoms with E-state index in [1.165, 1.54) is 32.1 Å². The summed E-state index contributed by atoms with van der Waals surface area (Å²) in [6.45, 7) is 2.48. The Labute approximate surface area is 184 Å². The summed E-state index contributed by atoms with van der Waals surface area (Å²) >= 11 is 0. The fourth-order valence-electron chi connectivity index (χ4n) is 4.87. The lowest BCUT2D eigenvalue weighted by atomic mass is 9.75. The van der Waals surface area contributed by atoms with E-state index in [9.17, 15) is 9.59 Å². The molecule has 2 aliphatic rings. The van der Waals surface area contributed by atoms with Gasteiger partial charge in [-0.25, -0.2) is 0 Å². The number of benzene rings is 2. The van der Waals surface area contributed by atoms with Crippen molar-refractivity contribution in [2.45, 2.75) is 32.1 Å². The lowest BCUT2D eigenvalue weighted by Crippen LogP contribution is -2.44. The summed E-state index contributed by atoms with van der Waals surface area (Å²) in [7, 11) is 1.57. The Balaban J connectivity index is 1.29. The third-order valence-corrected chi connectivity index (χ3v) is 6.53. The summed E-state index contributed by atoms with van der Waals surface area (Å²) < 4.78 is 5.27. The number of nitrogens with one attached hydrogen (secondary N) is 2. The average molecular weight is 422 g/mol. The van der Waals surface area contributed by atoms with Crippen LogP contribution in [0.3, 0.4) is 0 Å². The highest BCUT2D eigenvalue weighted by Crippen LogP contribution is 2.35. The number of hydrogen-bond acceptors (Lipinski definition) is 4. The van der Waals surface area contributed by atoms with Gasteiger partial charge in [-0.3, -0.25) is 14.5 Å². The highest BCUT2D eigenvalue weighted by atomic mass is 16.5. The van der Waals surface area contributed by atoms with Crippen LogP contribution in [0.5, 0.6) is 5.75 Å². The number of piperidine rings is 1. The van der Waals surface area contributed by atoms with Crippen LogP contribution in [-0.2, 0) is 4.79 Å². The van der Waals surface area contributed by atoms with E-state index >= 15 is 0 Å². The van der Waals surface area contributed by atoms with Gasteiger partial charge in [-0.2, -0.15) is 0 Å². The van der Waals surface area contributed by atoms with Crippen molar-refractivity contribution in [3.63, 3.8) is 0 Å². The number of para-hydroxylation sites is 2. The van der Waals surface area contributed by atoms with Crippen molar-refractivity contribution >= 4 is 23.2 Å². The highest BCUT2D eigenvalue weighted by Gasteiger charge is 2.31. The highest BCUT2D eigenvalue weighted by molar-refractivity contribution is 6.05. The van der Waals surface area contributed by atoms with Crippen molar-refractivity contribution < 1.29 is 14.3 Å². The van der Waals surface area contributed by atoms with E-state index in [2.05, 4.69) is 15.5 Å². The number of ether oxygens (including phenoxy) is 1. The van der Waals surface area contributed by atoms with Gasteiger partial charge < -0.3 is 15.4 Å². The standard InChI is InChI=1S/C25H31N3O3/c1-31-23-9-5-4-8-22(23)27-25(30)19-10-12-21(13-11-19)26-24(29)17-28-15-14-18-6-2-3-7-20(18)16-28/h4-5,8-13,18,20H,2-3,6-7,14-17H2,1H3,(H,26,29)(H,27,30)/t18-,20-/m1/s1. The summed E-state index contributed by atoms with van der Waals surface area (Å²) in [5.41, 5.74) is 1.84. The third kappa shape index (κ3) is 5.44. The molecule has 31 heavy (non-hydrogen) atoms.